The Labute approximate surface area is 91.6 Å². The van der Waals surface area contributed by atoms with E-state index in [2.05, 4.69) is 4.98 Å². The highest BCUT2D eigenvalue weighted by Gasteiger charge is 2.17. The summed E-state index contributed by atoms with van der Waals surface area (Å²) in [5, 5.41) is 19.9. The van der Waals surface area contributed by atoms with E-state index in [0.717, 1.165) is 0 Å². The predicted octanol–water partition coefficient (Wildman–Crippen LogP) is 1.19. The Balaban J connectivity index is 2.68. The molecule has 0 aliphatic rings. The normalized spacial score (nSPS) is 11.7. The molecule has 5 nitrogen and oxygen atoms in total. The van der Waals surface area contributed by atoms with Gasteiger partial charge in [-0.05, 0) is 0 Å². The molecule has 1 rings (SSSR count). The number of hydrogen-bond acceptors (Lipinski definition) is 5. The van der Waals surface area contributed by atoms with Crippen molar-refractivity contribution in [1.29, 1.82) is 5.26 Å². The number of hydrogen-bond donors (Lipinski definition) is 1. The molecule has 1 N–H and O–H groups in total. The van der Waals surface area contributed by atoms with E-state index in [9.17, 15) is 4.79 Å². The van der Waals surface area contributed by atoms with E-state index >= 15 is 0 Å². The predicted molar refractivity (Wildman–Crippen MR) is 56.7 cm³/mol. The van der Waals surface area contributed by atoms with Crippen molar-refractivity contribution in [1.82, 2.24) is 4.98 Å². The lowest BCUT2D eigenvalue weighted by Gasteiger charge is -2.20. The minimum Gasteiger partial charge on any atom is -0.481 e. The van der Waals surface area contributed by atoms with E-state index in [1.54, 1.807) is 23.4 Å². The van der Waals surface area contributed by atoms with Crippen molar-refractivity contribution in [2.75, 3.05) is 18.0 Å². The lowest BCUT2D eigenvalue weighted by Crippen LogP contribution is -2.32. The molecule has 0 radical (unpaired) electrons. The third-order valence-electron chi connectivity index (χ3n) is 1.87. The van der Waals surface area contributed by atoms with Crippen molar-refractivity contribution in [2.24, 2.45) is 5.92 Å². The van der Waals surface area contributed by atoms with Gasteiger partial charge in [-0.2, -0.15) is 5.26 Å². The van der Waals surface area contributed by atoms with Crippen LogP contribution in [0.1, 0.15) is 6.92 Å². The quantitative estimate of drug-likeness (QED) is 0.762. The van der Waals surface area contributed by atoms with Crippen LogP contribution in [0.4, 0.5) is 5.13 Å². The van der Waals surface area contributed by atoms with Crippen molar-refractivity contribution < 1.29 is 9.90 Å². The largest absolute Gasteiger partial charge is 0.481 e. The zero-order valence-corrected chi connectivity index (χ0v) is 9.07. The summed E-state index contributed by atoms with van der Waals surface area (Å²) in [6, 6.07) is 2.00. The summed E-state index contributed by atoms with van der Waals surface area (Å²) < 4.78 is 0. The molecule has 0 fully saturated rings. The molecule has 1 aromatic rings. The Morgan fingerprint density at radius 1 is 1.87 bits per heavy atom. The van der Waals surface area contributed by atoms with Crippen LogP contribution in [0.15, 0.2) is 11.6 Å². The van der Waals surface area contributed by atoms with E-state index in [1.807, 2.05) is 6.07 Å². The summed E-state index contributed by atoms with van der Waals surface area (Å²) in [5.41, 5.74) is 0. The minimum atomic E-state index is -0.866. The molecule has 1 heterocycles. The maximum absolute atomic E-state index is 10.7. The Morgan fingerprint density at radius 2 is 2.60 bits per heavy atom. The molecule has 0 aliphatic heterocycles. The van der Waals surface area contributed by atoms with Crippen molar-refractivity contribution >= 4 is 22.4 Å². The van der Waals surface area contributed by atoms with Gasteiger partial charge in [-0.15, -0.1) is 11.3 Å². The lowest BCUT2D eigenvalue weighted by molar-refractivity contribution is -0.140. The molecule has 1 unspecified atom stereocenters. The molecule has 0 spiro atoms. The molecule has 0 saturated heterocycles. The molecular formula is C9H11N3O2S. The molecule has 0 saturated carbocycles. The van der Waals surface area contributed by atoms with Gasteiger partial charge in [-0.3, -0.25) is 4.79 Å². The van der Waals surface area contributed by atoms with E-state index in [-0.39, 0.29) is 6.54 Å². The van der Waals surface area contributed by atoms with Gasteiger partial charge in [0.05, 0.1) is 12.0 Å². The van der Waals surface area contributed by atoms with E-state index in [4.69, 9.17) is 10.4 Å². The average Bonchev–Trinajstić information content (AvgIpc) is 2.69. The van der Waals surface area contributed by atoms with Gasteiger partial charge in [0.1, 0.15) is 6.54 Å². The van der Waals surface area contributed by atoms with E-state index in [0.29, 0.717) is 11.7 Å². The SMILES string of the molecule is CC(CN(CC#N)c1nccs1)C(=O)O. The summed E-state index contributed by atoms with van der Waals surface area (Å²) in [6.45, 7) is 2.07. The average molecular weight is 225 g/mol. The monoisotopic (exact) mass is 225 g/mol. The van der Waals surface area contributed by atoms with Gasteiger partial charge in [-0.25, -0.2) is 4.98 Å². The Kier molecular flexibility index (Phi) is 4.06. The second-order valence-corrected chi connectivity index (χ2v) is 3.97. The maximum atomic E-state index is 10.7. The number of carboxylic acid groups (broad SMARTS) is 1. The first-order valence-corrected chi connectivity index (χ1v) is 5.27. The van der Waals surface area contributed by atoms with Gasteiger partial charge < -0.3 is 10.0 Å². The van der Waals surface area contributed by atoms with Crippen molar-refractivity contribution in [3.05, 3.63) is 11.6 Å². The van der Waals surface area contributed by atoms with Crippen LogP contribution in [0.3, 0.4) is 0 Å². The van der Waals surface area contributed by atoms with Crippen molar-refractivity contribution in [3.8, 4) is 6.07 Å². The highest BCUT2D eigenvalue weighted by Crippen LogP contribution is 2.18. The smallest absolute Gasteiger partial charge is 0.308 e. The highest BCUT2D eigenvalue weighted by molar-refractivity contribution is 7.13. The first-order valence-electron chi connectivity index (χ1n) is 4.39. The number of rotatable bonds is 5. The first-order chi connectivity index (χ1) is 7.15. The van der Waals surface area contributed by atoms with E-state index in [1.165, 1.54) is 11.3 Å². The van der Waals surface area contributed by atoms with Crippen molar-refractivity contribution in [3.63, 3.8) is 0 Å². The molecule has 15 heavy (non-hydrogen) atoms. The third kappa shape index (κ3) is 3.22. The van der Waals surface area contributed by atoms with Gasteiger partial charge in [0.2, 0.25) is 0 Å². The number of nitrogens with zero attached hydrogens (tertiary/aromatic N) is 3. The van der Waals surface area contributed by atoms with Crippen LogP contribution in [0.2, 0.25) is 0 Å². The number of nitriles is 1. The van der Waals surface area contributed by atoms with E-state index < -0.39 is 11.9 Å². The highest BCUT2D eigenvalue weighted by atomic mass is 32.1. The molecule has 6 heteroatoms. The molecule has 1 atom stereocenters. The molecule has 0 bridgehead atoms. The van der Waals surface area contributed by atoms with Crippen LogP contribution in [-0.2, 0) is 4.79 Å². The fourth-order valence-electron chi connectivity index (χ4n) is 1.08. The van der Waals surface area contributed by atoms with Gasteiger partial charge in [0, 0.05) is 18.1 Å². The molecule has 80 valence electrons. The molecule has 0 aromatic carbocycles. The zero-order valence-electron chi connectivity index (χ0n) is 8.25. The maximum Gasteiger partial charge on any atom is 0.308 e. The summed E-state index contributed by atoms with van der Waals surface area (Å²) >= 11 is 1.40. The summed E-state index contributed by atoms with van der Waals surface area (Å²) in [7, 11) is 0. The standard InChI is InChI=1S/C9H11N3O2S/c1-7(8(13)14)6-12(4-2-10)9-11-3-5-15-9/h3,5,7H,4,6H2,1H3,(H,13,14). The topological polar surface area (TPSA) is 77.2 Å². The second-order valence-electron chi connectivity index (χ2n) is 3.09. The summed E-state index contributed by atoms with van der Waals surface area (Å²) in [6.07, 6.45) is 1.63. The number of carboxylic acids is 1. The first kappa shape index (κ1) is 11.5. The Morgan fingerprint density at radius 3 is 3.07 bits per heavy atom. The Hall–Kier alpha value is -1.61. The minimum absolute atomic E-state index is 0.158. The number of anilines is 1. The molecular weight excluding hydrogens is 214 g/mol. The van der Waals surface area contributed by atoms with Crippen molar-refractivity contribution in [2.45, 2.75) is 6.92 Å². The van der Waals surface area contributed by atoms with Crippen LogP contribution in [0, 0.1) is 17.2 Å². The fraction of sp³-hybridized carbons (Fsp3) is 0.444. The number of aromatic nitrogens is 1. The summed E-state index contributed by atoms with van der Waals surface area (Å²) in [5.74, 6) is -1.38. The zero-order chi connectivity index (χ0) is 11.3. The van der Waals surface area contributed by atoms with Crippen LogP contribution >= 0.6 is 11.3 Å². The van der Waals surface area contributed by atoms with Gasteiger partial charge >= 0.3 is 5.97 Å². The van der Waals surface area contributed by atoms with Crippen LogP contribution < -0.4 is 4.90 Å². The van der Waals surface area contributed by atoms with Gasteiger partial charge in [0.25, 0.3) is 0 Å². The van der Waals surface area contributed by atoms with Gasteiger partial charge in [-0.1, -0.05) is 6.92 Å². The van der Waals surface area contributed by atoms with Crippen LogP contribution in [0.25, 0.3) is 0 Å². The van der Waals surface area contributed by atoms with Gasteiger partial charge in [0.15, 0.2) is 5.13 Å². The lowest BCUT2D eigenvalue weighted by atomic mass is 10.2. The fourth-order valence-corrected chi connectivity index (χ4v) is 1.73. The van der Waals surface area contributed by atoms with Crippen LogP contribution in [-0.4, -0.2) is 29.1 Å². The molecule has 0 amide bonds. The number of carbonyl (C=O) groups is 1. The molecule has 1 aromatic heterocycles. The molecule has 0 aliphatic carbocycles. The van der Waals surface area contributed by atoms with Crippen LogP contribution in [0.5, 0.6) is 0 Å². The summed E-state index contributed by atoms with van der Waals surface area (Å²) in [4.78, 5) is 16.4. The number of aliphatic carboxylic acids is 1. The third-order valence-corrected chi connectivity index (χ3v) is 2.70. The second kappa shape index (κ2) is 5.32. The number of thiazole rings is 1. The Bertz CT molecular complexity index is 358.